The van der Waals surface area contributed by atoms with Crippen molar-refractivity contribution in [1.29, 1.82) is 0 Å². The van der Waals surface area contributed by atoms with Gasteiger partial charge in [0, 0.05) is 25.0 Å². The van der Waals surface area contributed by atoms with Crippen LogP contribution in [0.15, 0.2) is 59.6 Å². The highest BCUT2D eigenvalue weighted by Crippen LogP contribution is 2.15. The average Bonchev–Trinajstić information content (AvgIpc) is 2.49. The van der Waals surface area contributed by atoms with Gasteiger partial charge in [-0.3, -0.25) is 4.99 Å². The molecule has 0 aliphatic carbocycles. The van der Waals surface area contributed by atoms with Crippen LogP contribution in [0.25, 0.3) is 0 Å². The van der Waals surface area contributed by atoms with Crippen molar-refractivity contribution in [2.75, 3.05) is 18.0 Å². The normalized spacial score (nSPS) is 10.8. The second kappa shape index (κ2) is 6.74. The first-order valence-electron chi connectivity index (χ1n) is 6.77. The lowest BCUT2D eigenvalue weighted by Crippen LogP contribution is -2.21. The minimum atomic E-state index is 0.982. The van der Waals surface area contributed by atoms with E-state index in [1.807, 2.05) is 36.5 Å². The molecule has 0 fully saturated rings. The van der Waals surface area contributed by atoms with Crippen molar-refractivity contribution < 1.29 is 0 Å². The summed E-state index contributed by atoms with van der Waals surface area (Å²) in [6.07, 6.45) is 1.90. The van der Waals surface area contributed by atoms with Crippen molar-refractivity contribution in [3.63, 3.8) is 0 Å². The predicted octanol–water partition coefficient (Wildman–Crippen LogP) is 4.28. The standard InChI is InChI=1S/C17H20N2/c1-3-19(4-2)17-12-10-15(11-13-17)14-18-16-8-6-5-7-9-16/h5-14H,3-4H2,1-2H3/b18-14+. The Labute approximate surface area is 115 Å². The summed E-state index contributed by atoms with van der Waals surface area (Å²) in [6, 6.07) is 18.5. The van der Waals surface area contributed by atoms with E-state index in [1.54, 1.807) is 0 Å². The second-order valence-electron chi connectivity index (χ2n) is 4.36. The molecule has 19 heavy (non-hydrogen) atoms. The Hall–Kier alpha value is -2.09. The topological polar surface area (TPSA) is 15.6 Å². The quantitative estimate of drug-likeness (QED) is 0.725. The van der Waals surface area contributed by atoms with Crippen LogP contribution in [-0.2, 0) is 0 Å². The van der Waals surface area contributed by atoms with Gasteiger partial charge in [0.2, 0.25) is 0 Å². The van der Waals surface area contributed by atoms with Gasteiger partial charge in [0.25, 0.3) is 0 Å². The molecule has 0 aliphatic rings. The molecular weight excluding hydrogens is 232 g/mol. The van der Waals surface area contributed by atoms with Gasteiger partial charge in [0.1, 0.15) is 0 Å². The molecule has 0 aliphatic heterocycles. The third kappa shape index (κ3) is 3.68. The number of hydrogen-bond acceptors (Lipinski definition) is 2. The SMILES string of the molecule is CCN(CC)c1ccc(/C=N/c2ccccc2)cc1. The molecule has 0 saturated heterocycles. The van der Waals surface area contributed by atoms with Crippen LogP contribution in [0.5, 0.6) is 0 Å². The molecular formula is C17H20N2. The molecule has 2 aromatic rings. The van der Waals surface area contributed by atoms with Gasteiger partial charge in [0.15, 0.2) is 0 Å². The van der Waals surface area contributed by atoms with Crippen molar-refractivity contribution in [1.82, 2.24) is 0 Å². The third-order valence-electron chi connectivity index (χ3n) is 3.14. The summed E-state index contributed by atoms with van der Waals surface area (Å²) in [6.45, 7) is 6.42. The first-order valence-corrected chi connectivity index (χ1v) is 6.77. The van der Waals surface area contributed by atoms with E-state index < -0.39 is 0 Å². The van der Waals surface area contributed by atoms with E-state index in [2.05, 4.69) is 48.0 Å². The van der Waals surface area contributed by atoms with Crippen molar-refractivity contribution in [3.05, 3.63) is 60.2 Å². The Morgan fingerprint density at radius 3 is 2.11 bits per heavy atom. The van der Waals surface area contributed by atoms with Gasteiger partial charge in [-0.2, -0.15) is 0 Å². The van der Waals surface area contributed by atoms with Crippen molar-refractivity contribution >= 4 is 17.6 Å². The molecule has 0 radical (unpaired) electrons. The fourth-order valence-electron chi connectivity index (χ4n) is 2.02. The lowest BCUT2D eigenvalue weighted by atomic mass is 10.2. The van der Waals surface area contributed by atoms with Gasteiger partial charge in [0.05, 0.1) is 5.69 Å². The van der Waals surface area contributed by atoms with E-state index >= 15 is 0 Å². The number of benzene rings is 2. The maximum absolute atomic E-state index is 4.45. The summed E-state index contributed by atoms with van der Waals surface area (Å²) in [4.78, 5) is 6.78. The molecule has 2 aromatic carbocycles. The highest BCUT2D eigenvalue weighted by molar-refractivity contribution is 5.82. The lowest BCUT2D eigenvalue weighted by molar-refractivity contribution is 0.866. The fourth-order valence-corrected chi connectivity index (χ4v) is 2.02. The zero-order chi connectivity index (χ0) is 13.5. The van der Waals surface area contributed by atoms with Crippen LogP contribution in [0.2, 0.25) is 0 Å². The summed E-state index contributed by atoms with van der Waals surface area (Å²) in [7, 11) is 0. The third-order valence-corrected chi connectivity index (χ3v) is 3.14. The number of hydrogen-bond donors (Lipinski definition) is 0. The van der Waals surface area contributed by atoms with E-state index in [-0.39, 0.29) is 0 Å². The number of aliphatic imine (C=N–C) groups is 1. The molecule has 2 heteroatoms. The summed E-state index contributed by atoms with van der Waals surface area (Å²) in [5, 5.41) is 0. The summed E-state index contributed by atoms with van der Waals surface area (Å²) in [5.41, 5.74) is 3.37. The zero-order valence-electron chi connectivity index (χ0n) is 11.6. The highest BCUT2D eigenvalue weighted by Gasteiger charge is 2.00. The molecule has 0 atom stereocenters. The molecule has 2 rings (SSSR count). The fraction of sp³-hybridized carbons (Fsp3) is 0.235. The van der Waals surface area contributed by atoms with Gasteiger partial charge in [-0.05, 0) is 43.7 Å². The minimum Gasteiger partial charge on any atom is -0.372 e. The molecule has 0 spiro atoms. The summed E-state index contributed by atoms with van der Waals surface area (Å²) < 4.78 is 0. The van der Waals surface area contributed by atoms with E-state index in [1.165, 1.54) is 5.69 Å². The first kappa shape index (κ1) is 13.3. The number of nitrogens with zero attached hydrogens (tertiary/aromatic N) is 2. The minimum absolute atomic E-state index is 0.982. The molecule has 0 aromatic heterocycles. The van der Waals surface area contributed by atoms with Crippen LogP contribution < -0.4 is 4.90 Å². The largest absolute Gasteiger partial charge is 0.372 e. The molecule has 0 unspecified atom stereocenters. The number of para-hydroxylation sites is 1. The lowest BCUT2D eigenvalue weighted by Gasteiger charge is -2.20. The van der Waals surface area contributed by atoms with Crippen LogP contribution in [0.3, 0.4) is 0 Å². The van der Waals surface area contributed by atoms with Crippen molar-refractivity contribution in [2.45, 2.75) is 13.8 Å². The molecule has 2 nitrogen and oxygen atoms in total. The van der Waals surface area contributed by atoms with Crippen LogP contribution in [0, 0.1) is 0 Å². The van der Waals surface area contributed by atoms with Gasteiger partial charge in [-0.1, -0.05) is 30.3 Å². The Balaban J connectivity index is 2.09. The first-order chi connectivity index (χ1) is 9.33. The summed E-state index contributed by atoms with van der Waals surface area (Å²) in [5.74, 6) is 0. The van der Waals surface area contributed by atoms with E-state index in [4.69, 9.17) is 0 Å². The van der Waals surface area contributed by atoms with Crippen LogP contribution >= 0.6 is 0 Å². The molecule has 0 heterocycles. The Morgan fingerprint density at radius 1 is 0.895 bits per heavy atom. The van der Waals surface area contributed by atoms with Crippen LogP contribution in [0.4, 0.5) is 11.4 Å². The number of rotatable bonds is 5. The summed E-state index contributed by atoms with van der Waals surface area (Å²) >= 11 is 0. The van der Waals surface area contributed by atoms with Crippen LogP contribution in [-0.4, -0.2) is 19.3 Å². The maximum atomic E-state index is 4.45. The van der Waals surface area contributed by atoms with Crippen molar-refractivity contribution in [2.24, 2.45) is 4.99 Å². The molecule has 0 saturated carbocycles. The maximum Gasteiger partial charge on any atom is 0.0629 e. The van der Waals surface area contributed by atoms with Crippen molar-refractivity contribution in [3.8, 4) is 0 Å². The highest BCUT2D eigenvalue weighted by atomic mass is 15.1. The smallest absolute Gasteiger partial charge is 0.0629 e. The van der Waals surface area contributed by atoms with Crippen LogP contribution in [0.1, 0.15) is 19.4 Å². The molecule has 0 N–H and O–H groups in total. The second-order valence-corrected chi connectivity index (χ2v) is 4.36. The van der Waals surface area contributed by atoms with E-state index in [0.29, 0.717) is 0 Å². The Bertz CT molecular complexity index is 511. The molecule has 0 amide bonds. The van der Waals surface area contributed by atoms with Gasteiger partial charge >= 0.3 is 0 Å². The Morgan fingerprint density at radius 2 is 1.53 bits per heavy atom. The van der Waals surface area contributed by atoms with E-state index in [0.717, 1.165) is 24.3 Å². The van der Waals surface area contributed by atoms with Gasteiger partial charge in [-0.25, -0.2) is 0 Å². The Kier molecular flexibility index (Phi) is 4.73. The van der Waals surface area contributed by atoms with E-state index in [9.17, 15) is 0 Å². The predicted molar refractivity (Wildman–Crippen MR) is 83.7 cm³/mol. The average molecular weight is 252 g/mol. The zero-order valence-corrected chi connectivity index (χ0v) is 11.6. The molecule has 0 bridgehead atoms. The monoisotopic (exact) mass is 252 g/mol. The number of anilines is 1. The van der Waals surface area contributed by atoms with Gasteiger partial charge in [-0.15, -0.1) is 0 Å². The molecule has 98 valence electrons. The van der Waals surface area contributed by atoms with Gasteiger partial charge < -0.3 is 4.90 Å².